The second-order valence-electron chi connectivity index (χ2n) is 2.59. The molecular formula is C9H13ClN2O. The number of hydrogen-bond donors (Lipinski definition) is 2. The third-order valence-corrected chi connectivity index (χ3v) is 1.62. The maximum absolute atomic E-state index is 10.5. The van der Waals surface area contributed by atoms with Gasteiger partial charge in [0.25, 0.3) is 0 Å². The van der Waals surface area contributed by atoms with Gasteiger partial charge in [-0.05, 0) is 17.7 Å². The van der Waals surface area contributed by atoms with Gasteiger partial charge in [0.05, 0.1) is 6.42 Å². The van der Waals surface area contributed by atoms with Crippen molar-refractivity contribution in [2.45, 2.75) is 6.42 Å². The van der Waals surface area contributed by atoms with E-state index in [-0.39, 0.29) is 18.3 Å². The van der Waals surface area contributed by atoms with Crippen LogP contribution in [0.2, 0.25) is 0 Å². The average Bonchev–Trinajstić information content (AvgIpc) is 2.05. The zero-order chi connectivity index (χ0) is 8.97. The molecule has 0 saturated carbocycles. The lowest BCUT2D eigenvalue weighted by atomic mass is 10.1. The second-order valence-corrected chi connectivity index (χ2v) is 2.59. The van der Waals surface area contributed by atoms with Crippen molar-refractivity contribution in [3.05, 3.63) is 29.8 Å². The van der Waals surface area contributed by atoms with Gasteiger partial charge in [-0.1, -0.05) is 12.1 Å². The van der Waals surface area contributed by atoms with Crippen molar-refractivity contribution in [3.63, 3.8) is 0 Å². The number of nitrogens with two attached hydrogens (primary N) is 1. The Hall–Kier alpha value is -1.22. The van der Waals surface area contributed by atoms with Crippen LogP contribution in [-0.4, -0.2) is 13.0 Å². The fraction of sp³-hybridized carbons (Fsp3) is 0.222. The predicted octanol–water partition coefficient (Wildman–Crippen LogP) is 1.18. The first-order valence-corrected chi connectivity index (χ1v) is 3.77. The van der Waals surface area contributed by atoms with Gasteiger partial charge in [0.1, 0.15) is 0 Å². The van der Waals surface area contributed by atoms with E-state index >= 15 is 0 Å². The number of nitrogens with one attached hydrogen (secondary N) is 1. The Bertz CT molecular complexity index is 271. The molecule has 0 fully saturated rings. The molecule has 0 aliphatic rings. The molecule has 13 heavy (non-hydrogen) atoms. The monoisotopic (exact) mass is 200 g/mol. The van der Waals surface area contributed by atoms with Crippen molar-refractivity contribution >= 4 is 24.0 Å². The maximum Gasteiger partial charge on any atom is 0.221 e. The third-order valence-electron chi connectivity index (χ3n) is 1.62. The Morgan fingerprint density at radius 3 is 2.31 bits per heavy atom. The van der Waals surface area contributed by atoms with Crippen LogP contribution in [-0.2, 0) is 11.2 Å². The Morgan fingerprint density at radius 1 is 1.38 bits per heavy atom. The molecule has 1 aromatic carbocycles. The molecule has 1 amide bonds. The first-order valence-electron chi connectivity index (χ1n) is 3.77. The van der Waals surface area contributed by atoms with Crippen LogP contribution in [0.5, 0.6) is 0 Å². The Kier molecular flexibility index (Phi) is 4.92. The van der Waals surface area contributed by atoms with E-state index in [0.717, 1.165) is 11.3 Å². The summed E-state index contributed by atoms with van der Waals surface area (Å²) in [5, 5.41) is 2.99. The highest BCUT2D eigenvalue weighted by atomic mass is 35.5. The smallest absolute Gasteiger partial charge is 0.221 e. The number of carbonyl (C=O) groups excluding carboxylic acids is 1. The van der Waals surface area contributed by atoms with Crippen LogP contribution in [0.4, 0.5) is 5.69 Å². The first-order chi connectivity index (χ1) is 5.72. The summed E-state index contributed by atoms with van der Waals surface area (Å²) >= 11 is 0. The number of hydrogen-bond acceptors (Lipinski definition) is 2. The van der Waals surface area contributed by atoms with Gasteiger partial charge in [-0.25, -0.2) is 0 Å². The van der Waals surface area contributed by atoms with Gasteiger partial charge >= 0.3 is 0 Å². The zero-order valence-corrected chi connectivity index (χ0v) is 8.23. The van der Waals surface area contributed by atoms with Crippen molar-refractivity contribution in [2.24, 2.45) is 5.73 Å². The van der Waals surface area contributed by atoms with Crippen LogP contribution in [0.1, 0.15) is 5.56 Å². The highest BCUT2D eigenvalue weighted by molar-refractivity contribution is 5.85. The third kappa shape index (κ3) is 3.80. The normalized spacial score (nSPS) is 8.69. The summed E-state index contributed by atoms with van der Waals surface area (Å²) in [6.45, 7) is 0. The van der Waals surface area contributed by atoms with Crippen molar-refractivity contribution in [3.8, 4) is 0 Å². The number of primary amides is 1. The summed E-state index contributed by atoms with van der Waals surface area (Å²) < 4.78 is 0. The van der Waals surface area contributed by atoms with Crippen molar-refractivity contribution in [2.75, 3.05) is 12.4 Å². The van der Waals surface area contributed by atoms with Crippen LogP contribution >= 0.6 is 12.4 Å². The van der Waals surface area contributed by atoms with Gasteiger partial charge in [-0.3, -0.25) is 4.79 Å². The fourth-order valence-corrected chi connectivity index (χ4v) is 0.990. The predicted molar refractivity (Wildman–Crippen MR) is 56.1 cm³/mol. The van der Waals surface area contributed by atoms with Gasteiger partial charge < -0.3 is 11.1 Å². The number of anilines is 1. The lowest BCUT2D eigenvalue weighted by molar-refractivity contribution is -0.117. The second kappa shape index (κ2) is 5.43. The molecular weight excluding hydrogens is 188 g/mol. The highest BCUT2D eigenvalue weighted by Crippen LogP contribution is 2.08. The molecule has 0 aromatic heterocycles. The summed E-state index contributed by atoms with van der Waals surface area (Å²) in [4.78, 5) is 10.5. The number of carbonyl (C=O) groups is 1. The largest absolute Gasteiger partial charge is 0.388 e. The van der Waals surface area contributed by atoms with Crippen LogP contribution in [0.3, 0.4) is 0 Å². The lowest BCUT2D eigenvalue weighted by Gasteiger charge is -2.00. The fourth-order valence-electron chi connectivity index (χ4n) is 0.990. The van der Waals surface area contributed by atoms with E-state index < -0.39 is 0 Å². The Balaban J connectivity index is 0.00000144. The summed E-state index contributed by atoms with van der Waals surface area (Å²) in [6.07, 6.45) is 0.310. The summed E-state index contributed by atoms with van der Waals surface area (Å²) in [6, 6.07) is 7.60. The molecule has 0 bridgehead atoms. The molecule has 1 aromatic rings. The minimum Gasteiger partial charge on any atom is -0.388 e. The van der Waals surface area contributed by atoms with Crippen molar-refractivity contribution < 1.29 is 4.79 Å². The van der Waals surface area contributed by atoms with Gasteiger partial charge in [0, 0.05) is 12.7 Å². The minimum atomic E-state index is -0.299. The van der Waals surface area contributed by atoms with E-state index in [4.69, 9.17) is 5.73 Å². The molecule has 0 unspecified atom stereocenters. The summed E-state index contributed by atoms with van der Waals surface area (Å²) in [5.41, 5.74) is 7.02. The van der Waals surface area contributed by atoms with Crippen molar-refractivity contribution in [1.82, 2.24) is 0 Å². The molecule has 72 valence electrons. The van der Waals surface area contributed by atoms with Gasteiger partial charge in [-0.15, -0.1) is 12.4 Å². The van der Waals surface area contributed by atoms with E-state index in [1.165, 1.54) is 0 Å². The number of rotatable bonds is 3. The highest BCUT2D eigenvalue weighted by Gasteiger charge is 1.96. The first kappa shape index (κ1) is 11.8. The van der Waals surface area contributed by atoms with E-state index in [1.54, 1.807) is 0 Å². The number of halogens is 1. The van der Waals surface area contributed by atoms with Gasteiger partial charge in [-0.2, -0.15) is 0 Å². The summed E-state index contributed by atoms with van der Waals surface area (Å²) in [5.74, 6) is -0.299. The molecule has 0 saturated heterocycles. The maximum atomic E-state index is 10.5. The Morgan fingerprint density at radius 2 is 1.92 bits per heavy atom. The molecule has 0 radical (unpaired) electrons. The topological polar surface area (TPSA) is 55.1 Å². The van der Waals surface area contributed by atoms with Crippen LogP contribution < -0.4 is 11.1 Å². The molecule has 0 heterocycles. The standard InChI is InChI=1S/C9H12N2O.ClH/c1-11-8-4-2-7(3-5-8)6-9(10)12;/h2-5,11H,6H2,1H3,(H2,10,12);1H. The summed E-state index contributed by atoms with van der Waals surface area (Å²) in [7, 11) is 1.85. The van der Waals surface area contributed by atoms with Crippen LogP contribution in [0, 0.1) is 0 Å². The molecule has 0 aliphatic carbocycles. The van der Waals surface area contributed by atoms with Crippen LogP contribution in [0.25, 0.3) is 0 Å². The quantitative estimate of drug-likeness (QED) is 0.770. The lowest BCUT2D eigenvalue weighted by Crippen LogP contribution is -2.13. The Labute approximate surface area is 83.7 Å². The SMILES string of the molecule is CNc1ccc(CC(N)=O)cc1.Cl. The molecule has 3 N–H and O–H groups in total. The van der Waals surface area contributed by atoms with Crippen LogP contribution in [0.15, 0.2) is 24.3 Å². The molecule has 0 spiro atoms. The molecule has 1 rings (SSSR count). The van der Waals surface area contributed by atoms with E-state index in [0.29, 0.717) is 6.42 Å². The average molecular weight is 201 g/mol. The number of amides is 1. The minimum absolute atomic E-state index is 0. The van der Waals surface area contributed by atoms with Crippen molar-refractivity contribution in [1.29, 1.82) is 0 Å². The van der Waals surface area contributed by atoms with E-state index in [9.17, 15) is 4.79 Å². The molecule has 4 heteroatoms. The molecule has 3 nitrogen and oxygen atoms in total. The molecule has 0 aliphatic heterocycles. The zero-order valence-electron chi connectivity index (χ0n) is 7.41. The van der Waals surface area contributed by atoms with E-state index in [2.05, 4.69) is 5.32 Å². The molecule has 0 atom stereocenters. The van der Waals surface area contributed by atoms with Gasteiger partial charge in [0.2, 0.25) is 5.91 Å². The van der Waals surface area contributed by atoms with E-state index in [1.807, 2.05) is 31.3 Å². The van der Waals surface area contributed by atoms with Gasteiger partial charge in [0.15, 0.2) is 0 Å². The number of benzene rings is 1.